The highest BCUT2D eigenvalue weighted by Gasteiger charge is 2.39. The summed E-state index contributed by atoms with van der Waals surface area (Å²) in [5, 5.41) is 30.3. The van der Waals surface area contributed by atoms with Gasteiger partial charge in [-0.25, -0.2) is 4.79 Å². The Balaban J connectivity index is 0.00000121. The minimum atomic E-state index is -5.08. The third-order valence-electron chi connectivity index (χ3n) is 7.64. The molecule has 52 heavy (non-hydrogen) atoms. The number of aliphatic carboxylic acids is 1. The summed E-state index contributed by atoms with van der Waals surface area (Å²) < 4.78 is 37.6. The number of hydrogen-bond donors (Lipinski definition) is 9. The second-order valence-corrected chi connectivity index (χ2v) is 11.8. The summed E-state index contributed by atoms with van der Waals surface area (Å²) in [6, 6.07) is 23.5. The predicted octanol–water partition coefficient (Wildman–Crippen LogP) is 2.04. The molecular weight excluding hydrogens is 685 g/mol. The number of amides is 3. The number of alkyl halides is 3. The van der Waals surface area contributed by atoms with Crippen molar-refractivity contribution >= 4 is 35.5 Å². The Hall–Kier alpha value is -5.97. The molecule has 1 unspecified atom stereocenters. The fourth-order valence-corrected chi connectivity index (χ4v) is 4.79. The summed E-state index contributed by atoms with van der Waals surface area (Å²) in [6.07, 6.45) is -4.19. The van der Waals surface area contributed by atoms with Crippen molar-refractivity contribution in [2.75, 3.05) is 13.2 Å². The summed E-state index contributed by atoms with van der Waals surface area (Å²) in [6.45, 7) is 2.15. The number of carboxylic acid groups (broad SMARTS) is 1. The molecule has 0 spiro atoms. The van der Waals surface area contributed by atoms with Gasteiger partial charge in [0, 0.05) is 12.1 Å². The lowest BCUT2D eigenvalue weighted by Gasteiger charge is -2.32. The lowest BCUT2D eigenvalue weighted by molar-refractivity contribution is -0.192. The van der Waals surface area contributed by atoms with Crippen LogP contribution in [0.15, 0.2) is 84.9 Å². The number of guanidine groups is 1. The number of primary amides is 1. The van der Waals surface area contributed by atoms with Crippen LogP contribution in [-0.4, -0.2) is 72.0 Å². The molecule has 0 saturated heterocycles. The van der Waals surface area contributed by atoms with Crippen molar-refractivity contribution in [1.29, 1.82) is 10.8 Å². The Kier molecular flexibility index (Phi) is 16.2. The topological polar surface area (TPSA) is 260 Å². The highest BCUT2D eigenvalue weighted by atomic mass is 19.4. The van der Waals surface area contributed by atoms with E-state index in [1.165, 1.54) is 0 Å². The van der Waals surface area contributed by atoms with E-state index in [1.54, 1.807) is 19.1 Å². The first-order valence-corrected chi connectivity index (χ1v) is 15.8. The molecule has 17 heteroatoms. The van der Waals surface area contributed by atoms with Crippen LogP contribution in [0.2, 0.25) is 0 Å². The molecule has 0 saturated carbocycles. The van der Waals surface area contributed by atoms with Crippen LogP contribution < -0.4 is 33.2 Å². The molecule has 0 aliphatic carbocycles. The van der Waals surface area contributed by atoms with Crippen molar-refractivity contribution in [2.24, 2.45) is 17.2 Å². The SMILES string of the molecule is C[C@@](Cc1ccc(C(=N)N)cc1)(C(=O)N[C@@H](COCc1ccccc1)C(=O)NC(CCCNC(=N)N)C(N)=O)c1ccccc1.O=C(O)C(F)(F)F. The van der Waals surface area contributed by atoms with Gasteiger partial charge in [0.1, 0.15) is 17.9 Å². The van der Waals surface area contributed by atoms with Crippen LogP contribution >= 0.6 is 0 Å². The van der Waals surface area contributed by atoms with Crippen LogP contribution in [0.1, 0.15) is 42.0 Å². The standard InChI is InChI=1S/C33H42N8O4.C2HF3O2/c1-33(25-11-6-3-7-12-25,19-22-14-16-24(17-15-22)28(34)35)31(44)41-27(21-45-20-23-9-4-2-5-10-23)30(43)40-26(29(36)42)13-8-18-39-32(37)38;3-2(4,5)1(6)7/h2-7,9-12,14-17,26-27H,8,13,18-21H2,1H3,(H3,34,35)(H2,36,42)(H,40,43)(H,41,44)(H4,37,38,39);(H,6,7)/t26?,27-,33-;/m0./s1. The number of nitrogen functional groups attached to an aromatic ring is 1. The molecule has 280 valence electrons. The summed E-state index contributed by atoms with van der Waals surface area (Å²) in [4.78, 5) is 48.8. The molecular formula is C35H43F3N8O6. The number of carbonyl (C=O) groups excluding carboxylic acids is 3. The number of carboxylic acids is 1. The van der Waals surface area contributed by atoms with Gasteiger partial charge in [0.2, 0.25) is 17.7 Å². The monoisotopic (exact) mass is 728 g/mol. The van der Waals surface area contributed by atoms with E-state index in [9.17, 15) is 27.6 Å². The fraction of sp³-hybridized carbons (Fsp3) is 0.314. The van der Waals surface area contributed by atoms with Crippen LogP contribution in [0, 0.1) is 10.8 Å². The van der Waals surface area contributed by atoms with Crippen molar-refractivity contribution in [3.63, 3.8) is 0 Å². The largest absolute Gasteiger partial charge is 0.490 e. The van der Waals surface area contributed by atoms with Crippen molar-refractivity contribution in [1.82, 2.24) is 16.0 Å². The Morgan fingerprint density at radius 1 is 0.827 bits per heavy atom. The molecule has 3 aromatic carbocycles. The second-order valence-electron chi connectivity index (χ2n) is 11.8. The molecule has 0 aliphatic rings. The first kappa shape index (κ1) is 42.2. The number of benzene rings is 3. The molecule has 3 atom stereocenters. The van der Waals surface area contributed by atoms with E-state index in [0.29, 0.717) is 18.5 Å². The average molecular weight is 729 g/mol. The Morgan fingerprint density at radius 2 is 1.38 bits per heavy atom. The summed E-state index contributed by atoms with van der Waals surface area (Å²) in [7, 11) is 0. The summed E-state index contributed by atoms with van der Waals surface area (Å²) in [5.41, 5.74) is 18.4. The van der Waals surface area contributed by atoms with Gasteiger partial charge >= 0.3 is 12.1 Å². The number of carbonyl (C=O) groups is 4. The fourth-order valence-electron chi connectivity index (χ4n) is 4.79. The third-order valence-corrected chi connectivity index (χ3v) is 7.64. The van der Waals surface area contributed by atoms with Crippen LogP contribution in [0.5, 0.6) is 0 Å². The first-order chi connectivity index (χ1) is 24.4. The third kappa shape index (κ3) is 14.1. The lowest BCUT2D eigenvalue weighted by atomic mass is 9.76. The predicted molar refractivity (Wildman–Crippen MR) is 187 cm³/mol. The Bertz CT molecular complexity index is 1660. The molecule has 3 amide bonds. The van der Waals surface area contributed by atoms with Gasteiger partial charge in [0.15, 0.2) is 5.96 Å². The van der Waals surface area contributed by atoms with Crippen molar-refractivity contribution in [2.45, 2.75) is 56.5 Å². The van der Waals surface area contributed by atoms with E-state index in [1.807, 2.05) is 72.8 Å². The second kappa shape index (κ2) is 20.0. The maximum atomic E-state index is 14.2. The molecule has 0 bridgehead atoms. The average Bonchev–Trinajstić information content (AvgIpc) is 3.09. The number of ether oxygens (including phenoxy) is 1. The number of rotatable bonds is 17. The molecule has 14 nitrogen and oxygen atoms in total. The minimum absolute atomic E-state index is 0.0566. The van der Waals surface area contributed by atoms with Gasteiger partial charge in [0.25, 0.3) is 0 Å². The van der Waals surface area contributed by atoms with Crippen LogP contribution in [0.4, 0.5) is 13.2 Å². The number of hydrogen-bond acceptors (Lipinski definition) is 7. The van der Waals surface area contributed by atoms with Crippen LogP contribution in [0.3, 0.4) is 0 Å². The van der Waals surface area contributed by atoms with Gasteiger partial charge in [0.05, 0.1) is 18.6 Å². The molecule has 3 rings (SSSR count). The molecule has 12 N–H and O–H groups in total. The van der Waals surface area contributed by atoms with Crippen molar-refractivity contribution in [3.8, 4) is 0 Å². The molecule has 0 fully saturated rings. The van der Waals surface area contributed by atoms with Gasteiger partial charge < -0.3 is 43.0 Å². The van der Waals surface area contributed by atoms with Gasteiger partial charge in [-0.1, -0.05) is 84.9 Å². The maximum absolute atomic E-state index is 14.2. The molecule has 0 aliphatic heterocycles. The highest BCUT2D eigenvalue weighted by molar-refractivity contribution is 5.96. The van der Waals surface area contributed by atoms with Gasteiger partial charge in [-0.3, -0.25) is 25.2 Å². The van der Waals surface area contributed by atoms with E-state index < -0.39 is 47.4 Å². The number of amidine groups is 1. The first-order valence-electron chi connectivity index (χ1n) is 15.8. The van der Waals surface area contributed by atoms with E-state index in [0.717, 1.165) is 16.7 Å². The summed E-state index contributed by atoms with van der Waals surface area (Å²) in [5.74, 6) is -4.80. The zero-order chi connectivity index (χ0) is 38.9. The zero-order valence-corrected chi connectivity index (χ0v) is 28.3. The molecule has 0 aromatic heterocycles. The number of halogens is 3. The summed E-state index contributed by atoms with van der Waals surface area (Å²) >= 11 is 0. The zero-order valence-electron chi connectivity index (χ0n) is 28.3. The normalized spacial score (nSPS) is 13.2. The van der Waals surface area contributed by atoms with E-state index in [-0.39, 0.29) is 37.9 Å². The van der Waals surface area contributed by atoms with E-state index in [2.05, 4.69) is 16.0 Å². The Labute approximate surface area is 298 Å². The number of nitrogens with two attached hydrogens (primary N) is 3. The molecule has 3 aromatic rings. The molecule has 0 radical (unpaired) electrons. The minimum Gasteiger partial charge on any atom is -0.475 e. The Morgan fingerprint density at radius 3 is 1.88 bits per heavy atom. The van der Waals surface area contributed by atoms with Crippen molar-refractivity contribution < 1.29 is 42.2 Å². The lowest BCUT2D eigenvalue weighted by Crippen LogP contribution is -2.57. The smallest absolute Gasteiger partial charge is 0.475 e. The van der Waals surface area contributed by atoms with Crippen LogP contribution in [0.25, 0.3) is 0 Å². The number of nitrogens with one attached hydrogen (secondary N) is 5. The van der Waals surface area contributed by atoms with Crippen molar-refractivity contribution in [3.05, 3.63) is 107 Å². The maximum Gasteiger partial charge on any atom is 0.490 e. The van der Waals surface area contributed by atoms with Gasteiger partial charge in [-0.05, 0) is 42.9 Å². The quantitative estimate of drug-likeness (QED) is 0.0559. The van der Waals surface area contributed by atoms with Gasteiger partial charge in [-0.2, -0.15) is 13.2 Å². The van der Waals surface area contributed by atoms with E-state index in [4.69, 9.17) is 42.7 Å². The van der Waals surface area contributed by atoms with Crippen LogP contribution in [-0.2, 0) is 42.4 Å². The van der Waals surface area contributed by atoms with Gasteiger partial charge in [-0.15, -0.1) is 0 Å². The highest BCUT2D eigenvalue weighted by Crippen LogP contribution is 2.29. The molecule has 0 heterocycles. The van der Waals surface area contributed by atoms with E-state index >= 15 is 0 Å².